The van der Waals surface area contributed by atoms with Gasteiger partial charge < -0.3 is 10.0 Å². The molecule has 104 valence electrons. The summed E-state index contributed by atoms with van der Waals surface area (Å²) in [5, 5.41) is 9.39. The van der Waals surface area contributed by atoms with Crippen molar-refractivity contribution < 1.29 is 14.7 Å². The minimum atomic E-state index is -0.805. The van der Waals surface area contributed by atoms with E-state index >= 15 is 0 Å². The second kappa shape index (κ2) is 4.66. The highest BCUT2D eigenvalue weighted by atomic mass is 16.4. The molecule has 1 N–H and O–H groups in total. The van der Waals surface area contributed by atoms with Crippen LogP contribution >= 0.6 is 0 Å². The number of fused-ring (bicyclic) bond motifs is 2. The number of carbonyl (C=O) groups is 2. The number of carbonyl (C=O) groups excluding carboxylic acids is 1. The van der Waals surface area contributed by atoms with E-state index in [1.165, 1.54) is 0 Å². The average molecular weight is 263 g/mol. The van der Waals surface area contributed by atoms with Crippen LogP contribution in [0, 0.1) is 29.6 Å². The third-order valence-corrected chi connectivity index (χ3v) is 5.12. The van der Waals surface area contributed by atoms with Gasteiger partial charge >= 0.3 is 5.97 Å². The molecule has 0 aromatic rings. The molecule has 1 saturated heterocycles. The Kier molecular flexibility index (Phi) is 3.11. The van der Waals surface area contributed by atoms with Gasteiger partial charge in [0.25, 0.3) is 0 Å². The molecule has 1 saturated carbocycles. The van der Waals surface area contributed by atoms with E-state index in [9.17, 15) is 14.7 Å². The monoisotopic (exact) mass is 263 g/mol. The van der Waals surface area contributed by atoms with Crippen molar-refractivity contribution in [1.82, 2.24) is 4.90 Å². The Morgan fingerprint density at radius 1 is 1.11 bits per heavy atom. The topological polar surface area (TPSA) is 57.6 Å². The molecule has 1 amide bonds. The number of aliphatic carboxylic acids is 1. The van der Waals surface area contributed by atoms with Crippen LogP contribution in [0.2, 0.25) is 0 Å². The molecule has 0 spiro atoms. The highest BCUT2D eigenvalue weighted by Gasteiger charge is 2.52. The van der Waals surface area contributed by atoms with Gasteiger partial charge in [-0.25, -0.2) is 0 Å². The number of hydrogen-bond donors (Lipinski definition) is 1. The molecule has 19 heavy (non-hydrogen) atoms. The minimum Gasteiger partial charge on any atom is -0.481 e. The maximum absolute atomic E-state index is 12.6. The van der Waals surface area contributed by atoms with Gasteiger partial charge in [-0.1, -0.05) is 19.1 Å². The highest BCUT2D eigenvalue weighted by molar-refractivity contribution is 5.87. The van der Waals surface area contributed by atoms with Crippen molar-refractivity contribution in [3.05, 3.63) is 12.2 Å². The van der Waals surface area contributed by atoms with Crippen molar-refractivity contribution in [3.8, 4) is 0 Å². The normalized spacial score (nSPS) is 37.8. The number of allylic oxidation sites excluding steroid dienone is 2. The Labute approximate surface area is 113 Å². The maximum Gasteiger partial charge on any atom is 0.307 e. The average Bonchev–Trinajstić information content (AvgIpc) is 2.98. The molecule has 0 aromatic carbocycles. The summed E-state index contributed by atoms with van der Waals surface area (Å²) in [4.78, 5) is 26.0. The predicted molar refractivity (Wildman–Crippen MR) is 70.3 cm³/mol. The standard InChI is InChI=1S/C15H21NO3/c1-9-4-6-16(7-5-9)14(17)12-10-2-3-11(8-10)13(12)15(18)19/h2-3,9-13H,4-8H2,1H3,(H,18,19)/t10-,11-,12-,13+/m0/s1. The zero-order chi connectivity index (χ0) is 13.6. The van der Waals surface area contributed by atoms with Crippen molar-refractivity contribution in [2.24, 2.45) is 29.6 Å². The first kappa shape index (κ1) is 12.7. The van der Waals surface area contributed by atoms with Gasteiger partial charge in [0, 0.05) is 13.1 Å². The lowest BCUT2D eigenvalue weighted by Crippen LogP contribution is -2.45. The molecule has 4 heteroatoms. The second-order valence-corrected chi connectivity index (χ2v) is 6.35. The molecule has 3 rings (SSSR count). The van der Waals surface area contributed by atoms with E-state index in [0.717, 1.165) is 32.4 Å². The zero-order valence-corrected chi connectivity index (χ0v) is 11.3. The van der Waals surface area contributed by atoms with Crippen LogP contribution in [0.4, 0.5) is 0 Å². The Morgan fingerprint density at radius 3 is 2.26 bits per heavy atom. The summed E-state index contributed by atoms with van der Waals surface area (Å²) < 4.78 is 0. The molecule has 2 fully saturated rings. The lowest BCUT2D eigenvalue weighted by molar-refractivity contribution is -0.151. The predicted octanol–water partition coefficient (Wildman–Crippen LogP) is 1.77. The van der Waals surface area contributed by atoms with Crippen molar-refractivity contribution in [2.45, 2.75) is 26.2 Å². The summed E-state index contributed by atoms with van der Waals surface area (Å²) in [5.41, 5.74) is 0. The number of nitrogens with zero attached hydrogens (tertiary/aromatic N) is 1. The van der Waals surface area contributed by atoms with Crippen LogP contribution in [-0.2, 0) is 9.59 Å². The number of amides is 1. The first-order valence-electron chi connectivity index (χ1n) is 7.28. The number of carboxylic acid groups (broad SMARTS) is 1. The summed E-state index contributed by atoms with van der Waals surface area (Å²) in [7, 11) is 0. The molecule has 4 nitrogen and oxygen atoms in total. The Hall–Kier alpha value is -1.32. The van der Waals surface area contributed by atoms with Crippen LogP contribution in [0.5, 0.6) is 0 Å². The Morgan fingerprint density at radius 2 is 1.68 bits per heavy atom. The number of hydrogen-bond acceptors (Lipinski definition) is 2. The quantitative estimate of drug-likeness (QED) is 0.772. The van der Waals surface area contributed by atoms with E-state index in [2.05, 4.69) is 13.0 Å². The summed E-state index contributed by atoms with van der Waals surface area (Å²) in [6.45, 7) is 3.80. The fourth-order valence-electron chi connectivity index (χ4n) is 3.94. The summed E-state index contributed by atoms with van der Waals surface area (Å²) in [5.74, 6) is -0.642. The van der Waals surface area contributed by atoms with E-state index in [1.54, 1.807) is 0 Å². The molecule has 2 aliphatic carbocycles. The van der Waals surface area contributed by atoms with Crippen LogP contribution in [0.1, 0.15) is 26.2 Å². The smallest absolute Gasteiger partial charge is 0.307 e. The van der Waals surface area contributed by atoms with Gasteiger partial charge in [0.2, 0.25) is 5.91 Å². The largest absolute Gasteiger partial charge is 0.481 e. The first-order valence-corrected chi connectivity index (χ1v) is 7.28. The van der Waals surface area contributed by atoms with E-state index in [-0.39, 0.29) is 23.7 Å². The molecule has 3 aliphatic rings. The molecule has 0 radical (unpaired) electrons. The summed E-state index contributed by atoms with van der Waals surface area (Å²) in [6.07, 6.45) is 6.97. The number of carboxylic acids is 1. The van der Waals surface area contributed by atoms with E-state index in [4.69, 9.17) is 0 Å². The van der Waals surface area contributed by atoms with Crippen molar-refractivity contribution in [3.63, 3.8) is 0 Å². The Balaban J connectivity index is 1.75. The maximum atomic E-state index is 12.6. The summed E-state index contributed by atoms with van der Waals surface area (Å²) in [6, 6.07) is 0. The molecule has 1 aliphatic heterocycles. The fourth-order valence-corrected chi connectivity index (χ4v) is 3.94. The molecule has 0 aromatic heterocycles. The van der Waals surface area contributed by atoms with Crippen LogP contribution in [0.25, 0.3) is 0 Å². The SMILES string of the molecule is CC1CCN(C(=O)[C@@H]2[C@H](C(=O)O)[C@H]3C=C[C@H]2C3)CC1. The summed E-state index contributed by atoms with van der Waals surface area (Å²) >= 11 is 0. The van der Waals surface area contributed by atoms with Crippen LogP contribution in [0.3, 0.4) is 0 Å². The fraction of sp³-hybridized carbons (Fsp3) is 0.733. The van der Waals surface area contributed by atoms with Gasteiger partial charge in [0.15, 0.2) is 0 Å². The lowest BCUT2D eigenvalue weighted by Gasteiger charge is -2.35. The molecule has 4 atom stereocenters. The van der Waals surface area contributed by atoms with Gasteiger partial charge in [-0.3, -0.25) is 9.59 Å². The van der Waals surface area contributed by atoms with Crippen molar-refractivity contribution in [2.75, 3.05) is 13.1 Å². The number of likely N-dealkylation sites (tertiary alicyclic amines) is 1. The van der Waals surface area contributed by atoms with E-state index in [1.807, 2.05) is 11.0 Å². The van der Waals surface area contributed by atoms with Crippen molar-refractivity contribution >= 4 is 11.9 Å². The molecular formula is C15H21NO3. The number of rotatable bonds is 2. The van der Waals surface area contributed by atoms with Gasteiger partial charge in [-0.2, -0.15) is 0 Å². The van der Waals surface area contributed by atoms with Gasteiger partial charge in [0.1, 0.15) is 0 Å². The molecule has 0 unspecified atom stereocenters. The van der Waals surface area contributed by atoms with Crippen LogP contribution in [-0.4, -0.2) is 35.0 Å². The van der Waals surface area contributed by atoms with Gasteiger partial charge in [0.05, 0.1) is 11.8 Å². The van der Waals surface area contributed by atoms with E-state index < -0.39 is 11.9 Å². The van der Waals surface area contributed by atoms with Crippen molar-refractivity contribution in [1.29, 1.82) is 0 Å². The number of piperidine rings is 1. The van der Waals surface area contributed by atoms with Gasteiger partial charge in [-0.15, -0.1) is 0 Å². The second-order valence-electron chi connectivity index (χ2n) is 6.35. The highest BCUT2D eigenvalue weighted by Crippen LogP contribution is 2.49. The van der Waals surface area contributed by atoms with Gasteiger partial charge in [-0.05, 0) is 37.0 Å². The molecular weight excluding hydrogens is 242 g/mol. The molecule has 1 heterocycles. The lowest BCUT2D eigenvalue weighted by atomic mass is 9.81. The first-order chi connectivity index (χ1) is 9.08. The van der Waals surface area contributed by atoms with E-state index in [0.29, 0.717) is 5.92 Å². The minimum absolute atomic E-state index is 0.0696. The Bertz CT molecular complexity index is 423. The third-order valence-electron chi connectivity index (χ3n) is 5.12. The zero-order valence-electron chi connectivity index (χ0n) is 11.3. The third kappa shape index (κ3) is 2.07. The van der Waals surface area contributed by atoms with Crippen LogP contribution in [0.15, 0.2) is 12.2 Å². The molecule has 2 bridgehead atoms. The van der Waals surface area contributed by atoms with Crippen LogP contribution < -0.4 is 0 Å².